The highest BCUT2D eigenvalue weighted by atomic mass is 16.6. The van der Waals surface area contributed by atoms with Crippen molar-refractivity contribution < 1.29 is 15.1 Å². The summed E-state index contributed by atoms with van der Waals surface area (Å²) in [6.07, 6.45) is 0. The molecule has 0 aliphatic rings. The standard InChI is InChI=1S/C6H6N2O2.C6H6O2/c7-5-3-1-2-4-6(5)8(9)10;7-5-2-1-3-6(8)4-5/h1-4H,7H2;1-4,7-8H. The summed E-state index contributed by atoms with van der Waals surface area (Å²) in [6, 6.07) is 12.0. The van der Waals surface area contributed by atoms with E-state index in [1.165, 1.54) is 30.3 Å². The van der Waals surface area contributed by atoms with Gasteiger partial charge in [-0.2, -0.15) is 0 Å². The molecule has 0 aromatic heterocycles. The number of nitro groups is 1. The lowest BCUT2D eigenvalue weighted by Gasteiger charge is -1.92. The van der Waals surface area contributed by atoms with Gasteiger partial charge in [0.2, 0.25) is 0 Å². The lowest BCUT2D eigenvalue weighted by atomic mass is 10.3. The molecule has 0 unspecified atom stereocenters. The number of hydrogen-bond acceptors (Lipinski definition) is 5. The first-order valence-electron chi connectivity index (χ1n) is 4.97. The van der Waals surface area contributed by atoms with Gasteiger partial charge in [0.05, 0.1) is 4.92 Å². The Labute approximate surface area is 103 Å². The van der Waals surface area contributed by atoms with Gasteiger partial charge >= 0.3 is 0 Å². The Morgan fingerprint density at radius 1 is 1.00 bits per heavy atom. The molecular weight excluding hydrogens is 236 g/mol. The molecule has 2 rings (SSSR count). The van der Waals surface area contributed by atoms with Crippen LogP contribution in [0.15, 0.2) is 48.5 Å². The second-order valence-corrected chi connectivity index (χ2v) is 3.34. The molecule has 6 nitrogen and oxygen atoms in total. The molecule has 4 N–H and O–H groups in total. The summed E-state index contributed by atoms with van der Waals surface area (Å²) in [5.74, 6) is 0.176. The zero-order valence-corrected chi connectivity index (χ0v) is 9.35. The molecule has 0 bridgehead atoms. The largest absolute Gasteiger partial charge is 0.508 e. The maximum Gasteiger partial charge on any atom is 0.292 e. The summed E-state index contributed by atoms with van der Waals surface area (Å²) >= 11 is 0. The van der Waals surface area contributed by atoms with Crippen LogP contribution in [-0.2, 0) is 0 Å². The highest BCUT2D eigenvalue weighted by Crippen LogP contribution is 2.18. The van der Waals surface area contributed by atoms with Gasteiger partial charge in [0.1, 0.15) is 17.2 Å². The molecule has 94 valence electrons. The summed E-state index contributed by atoms with van der Waals surface area (Å²) < 4.78 is 0. The number of rotatable bonds is 1. The third kappa shape index (κ3) is 4.01. The predicted octanol–water partition coefficient (Wildman–Crippen LogP) is 2.27. The van der Waals surface area contributed by atoms with E-state index in [4.69, 9.17) is 15.9 Å². The van der Waals surface area contributed by atoms with Crippen molar-refractivity contribution in [2.24, 2.45) is 0 Å². The SMILES string of the molecule is Nc1ccccc1[N+](=O)[O-].Oc1cccc(O)c1. The maximum atomic E-state index is 10.1. The van der Waals surface area contributed by atoms with Crippen molar-refractivity contribution in [2.45, 2.75) is 0 Å². The zero-order chi connectivity index (χ0) is 13.5. The number of hydrogen-bond donors (Lipinski definition) is 3. The highest BCUT2D eigenvalue weighted by molar-refractivity contribution is 5.57. The zero-order valence-electron chi connectivity index (χ0n) is 9.35. The second-order valence-electron chi connectivity index (χ2n) is 3.34. The molecule has 2 aromatic carbocycles. The van der Waals surface area contributed by atoms with Gasteiger partial charge in [-0.1, -0.05) is 18.2 Å². The number of nitrogens with zero attached hydrogens (tertiary/aromatic N) is 1. The third-order valence-electron chi connectivity index (χ3n) is 1.96. The quantitative estimate of drug-likeness (QED) is 0.407. The summed E-state index contributed by atoms with van der Waals surface area (Å²) in [4.78, 5) is 9.64. The monoisotopic (exact) mass is 248 g/mol. The van der Waals surface area contributed by atoms with Gasteiger partial charge in [-0.25, -0.2) is 0 Å². The van der Waals surface area contributed by atoms with E-state index in [0.717, 1.165) is 0 Å². The average Bonchev–Trinajstić information content (AvgIpc) is 2.29. The van der Waals surface area contributed by atoms with Gasteiger partial charge in [-0.3, -0.25) is 10.1 Å². The molecule has 2 aromatic rings. The molecule has 0 radical (unpaired) electrons. The van der Waals surface area contributed by atoms with Gasteiger partial charge in [0, 0.05) is 12.1 Å². The van der Waals surface area contributed by atoms with Gasteiger partial charge in [0.15, 0.2) is 0 Å². The van der Waals surface area contributed by atoms with Gasteiger partial charge in [-0.15, -0.1) is 0 Å². The normalized spacial score (nSPS) is 9.11. The number of para-hydroxylation sites is 2. The number of aromatic hydroxyl groups is 2. The van der Waals surface area contributed by atoms with E-state index in [0.29, 0.717) is 0 Å². The summed E-state index contributed by atoms with van der Waals surface area (Å²) in [5, 5.41) is 27.5. The fourth-order valence-electron chi connectivity index (χ4n) is 1.15. The number of phenolic OH excluding ortho intramolecular Hbond substituents is 2. The number of nitro benzene ring substituents is 1. The molecule has 18 heavy (non-hydrogen) atoms. The van der Waals surface area contributed by atoms with Crippen LogP contribution in [0.5, 0.6) is 11.5 Å². The first-order chi connectivity index (χ1) is 8.50. The Kier molecular flexibility index (Phi) is 4.50. The van der Waals surface area contributed by atoms with Gasteiger partial charge in [-0.05, 0) is 18.2 Å². The van der Waals surface area contributed by atoms with Gasteiger partial charge < -0.3 is 15.9 Å². The predicted molar refractivity (Wildman–Crippen MR) is 67.3 cm³/mol. The van der Waals surface area contributed by atoms with E-state index < -0.39 is 4.92 Å². The Balaban J connectivity index is 0.000000184. The first-order valence-corrected chi connectivity index (χ1v) is 4.97. The Morgan fingerprint density at radius 2 is 1.56 bits per heavy atom. The molecule has 0 spiro atoms. The fraction of sp³-hybridized carbons (Fsp3) is 0. The fourth-order valence-corrected chi connectivity index (χ4v) is 1.15. The smallest absolute Gasteiger partial charge is 0.292 e. The molecule has 0 saturated heterocycles. The van der Waals surface area contributed by atoms with Crippen LogP contribution in [0.2, 0.25) is 0 Å². The van der Waals surface area contributed by atoms with E-state index in [2.05, 4.69) is 0 Å². The second kappa shape index (κ2) is 6.09. The maximum absolute atomic E-state index is 10.1. The number of nitrogen functional groups attached to an aromatic ring is 1. The molecule has 0 amide bonds. The van der Waals surface area contributed by atoms with Crippen LogP contribution in [0.25, 0.3) is 0 Å². The Morgan fingerprint density at radius 3 is 1.89 bits per heavy atom. The lowest BCUT2D eigenvalue weighted by molar-refractivity contribution is -0.383. The Hall–Kier alpha value is -2.76. The number of nitrogens with two attached hydrogens (primary N) is 1. The van der Waals surface area contributed by atoms with Crippen molar-refractivity contribution in [2.75, 3.05) is 5.73 Å². The number of phenols is 2. The van der Waals surface area contributed by atoms with E-state index in [1.54, 1.807) is 18.2 Å². The van der Waals surface area contributed by atoms with Gasteiger partial charge in [0.25, 0.3) is 5.69 Å². The van der Waals surface area contributed by atoms with E-state index in [9.17, 15) is 10.1 Å². The Bertz CT molecular complexity index is 526. The van der Waals surface area contributed by atoms with Crippen LogP contribution in [0, 0.1) is 10.1 Å². The van der Waals surface area contributed by atoms with Crippen LogP contribution in [0.4, 0.5) is 11.4 Å². The minimum absolute atomic E-state index is 0.0394. The van der Waals surface area contributed by atoms with Crippen LogP contribution < -0.4 is 5.73 Å². The van der Waals surface area contributed by atoms with Crippen molar-refractivity contribution in [3.8, 4) is 11.5 Å². The molecule has 0 heterocycles. The van der Waals surface area contributed by atoms with Crippen LogP contribution in [0.3, 0.4) is 0 Å². The van der Waals surface area contributed by atoms with Crippen molar-refractivity contribution in [1.29, 1.82) is 0 Å². The number of anilines is 1. The number of benzene rings is 2. The van der Waals surface area contributed by atoms with Crippen molar-refractivity contribution in [1.82, 2.24) is 0 Å². The summed E-state index contributed by atoms with van der Waals surface area (Å²) in [7, 11) is 0. The van der Waals surface area contributed by atoms with Crippen LogP contribution in [-0.4, -0.2) is 15.1 Å². The van der Waals surface area contributed by atoms with E-state index in [1.807, 2.05) is 0 Å². The molecule has 0 saturated carbocycles. The van der Waals surface area contributed by atoms with E-state index in [-0.39, 0.29) is 22.9 Å². The molecule has 6 heteroatoms. The van der Waals surface area contributed by atoms with Crippen molar-refractivity contribution in [3.05, 3.63) is 58.6 Å². The van der Waals surface area contributed by atoms with E-state index >= 15 is 0 Å². The van der Waals surface area contributed by atoms with Crippen LogP contribution in [0.1, 0.15) is 0 Å². The highest BCUT2D eigenvalue weighted by Gasteiger charge is 2.07. The lowest BCUT2D eigenvalue weighted by Crippen LogP contribution is -1.93. The minimum atomic E-state index is -0.505. The minimum Gasteiger partial charge on any atom is -0.508 e. The van der Waals surface area contributed by atoms with Crippen LogP contribution >= 0.6 is 0 Å². The molecular formula is C12H12N2O4. The summed E-state index contributed by atoms with van der Waals surface area (Å²) in [5.41, 5.74) is 5.44. The first kappa shape index (κ1) is 13.3. The topological polar surface area (TPSA) is 110 Å². The average molecular weight is 248 g/mol. The third-order valence-corrected chi connectivity index (χ3v) is 1.96. The van der Waals surface area contributed by atoms with Crippen molar-refractivity contribution >= 4 is 11.4 Å². The summed E-state index contributed by atoms with van der Waals surface area (Å²) in [6.45, 7) is 0. The molecule has 0 atom stereocenters. The van der Waals surface area contributed by atoms with Crippen molar-refractivity contribution in [3.63, 3.8) is 0 Å². The molecule has 0 aliphatic carbocycles. The molecule has 0 fully saturated rings. The molecule has 0 aliphatic heterocycles.